The van der Waals surface area contributed by atoms with Crippen molar-refractivity contribution in [3.05, 3.63) is 149 Å². The fourth-order valence-corrected chi connectivity index (χ4v) is 3.89. The molecule has 0 fully saturated rings. The zero-order valence-corrected chi connectivity index (χ0v) is 26.2. The lowest BCUT2D eigenvalue weighted by molar-refractivity contribution is -0.130. The topological polar surface area (TPSA) is 78.9 Å². The van der Waals surface area contributed by atoms with Crippen LogP contribution in [-0.2, 0) is 14.4 Å². The summed E-state index contributed by atoms with van der Waals surface area (Å²) in [5.74, 6) is 4.51. The average Bonchev–Trinajstić information content (AvgIpc) is 3.05. The number of benzene rings is 4. The van der Waals surface area contributed by atoms with E-state index in [9.17, 15) is 14.4 Å². The number of carbonyl (C=O) groups is 3. The van der Waals surface area contributed by atoms with E-state index in [-0.39, 0.29) is 28.0 Å². The van der Waals surface area contributed by atoms with Crippen LogP contribution in [0.25, 0.3) is 23.3 Å². The molecule has 6 nitrogen and oxygen atoms in total. The molecule has 0 saturated carbocycles. The van der Waals surface area contributed by atoms with E-state index in [1.54, 1.807) is 56.3 Å². The van der Waals surface area contributed by atoms with Gasteiger partial charge in [0.2, 0.25) is 0 Å². The molecule has 4 aromatic rings. The minimum Gasteiger partial charge on any atom is -0.423 e. The van der Waals surface area contributed by atoms with Crippen LogP contribution in [0.2, 0.25) is 0 Å². The van der Waals surface area contributed by atoms with Crippen molar-refractivity contribution in [3.63, 3.8) is 0 Å². The van der Waals surface area contributed by atoms with Gasteiger partial charge in [0.15, 0.2) is 0 Å². The Kier molecular flexibility index (Phi) is 10.8. The quantitative estimate of drug-likeness (QED) is 0.0610. The van der Waals surface area contributed by atoms with E-state index < -0.39 is 23.7 Å². The van der Waals surface area contributed by atoms with Gasteiger partial charge in [-0.15, -0.1) is 0 Å². The number of ether oxygens (including phenoxy) is 3. The molecule has 0 radical (unpaired) electrons. The van der Waals surface area contributed by atoms with Crippen molar-refractivity contribution in [3.8, 4) is 40.2 Å². The second kappa shape index (κ2) is 15.2. The Morgan fingerprint density at radius 1 is 0.617 bits per heavy atom. The van der Waals surface area contributed by atoms with Gasteiger partial charge in [0.05, 0.1) is 5.56 Å². The van der Waals surface area contributed by atoms with Gasteiger partial charge in [-0.25, -0.2) is 18.8 Å². The molecule has 0 saturated heterocycles. The smallest absolute Gasteiger partial charge is 0.338 e. The molecule has 0 atom stereocenters. The standard InChI is InChI=1S/C40H31FO6/c1-25(2)38(42)45-34-19-11-29(12-20-34)9-15-32-24-37(47-40(44)27(5)6)33(23-36(32)41)16-10-28-7-13-30(14-8-28)31-17-21-35(22-18-31)46-39(43)26(3)4/h7-9,11-15,17-24H,1,3,5H2,2,4,6H3/b15-9+. The fourth-order valence-electron chi connectivity index (χ4n) is 3.89. The molecule has 0 aliphatic carbocycles. The average molecular weight is 627 g/mol. The predicted octanol–water partition coefficient (Wildman–Crippen LogP) is 8.51. The van der Waals surface area contributed by atoms with Crippen molar-refractivity contribution >= 4 is 30.1 Å². The second-order valence-corrected chi connectivity index (χ2v) is 10.6. The molecule has 47 heavy (non-hydrogen) atoms. The molecule has 0 bridgehead atoms. The molecule has 4 rings (SSSR count). The summed E-state index contributed by atoms with van der Waals surface area (Å²) < 4.78 is 31.2. The van der Waals surface area contributed by atoms with E-state index in [2.05, 4.69) is 31.6 Å². The molecule has 0 heterocycles. The van der Waals surface area contributed by atoms with E-state index >= 15 is 4.39 Å². The number of hydrogen-bond acceptors (Lipinski definition) is 6. The zero-order chi connectivity index (χ0) is 34.1. The lowest BCUT2D eigenvalue weighted by Gasteiger charge is -2.09. The van der Waals surface area contributed by atoms with E-state index in [1.807, 2.05) is 36.4 Å². The SMILES string of the molecule is C=C(C)C(=O)Oc1ccc(/C=C/c2cc(OC(=O)C(=C)C)c(C#Cc3ccc(-c4ccc(OC(=O)C(=C)C)cc4)cc3)cc2F)cc1. The van der Waals surface area contributed by atoms with Gasteiger partial charge in [0, 0.05) is 27.8 Å². The van der Waals surface area contributed by atoms with Crippen molar-refractivity contribution in [2.45, 2.75) is 20.8 Å². The predicted molar refractivity (Wildman–Crippen MR) is 181 cm³/mol. The highest BCUT2D eigenvalue weighted by Crippen LogP contribution is 2.27. The van der Waals surface area contributed by atoms with Gasteiger partial charge in [-0.05, 0) is 86.0 Å². The molecular formula is C40H31FO6. The van der Waals surface area contributed by atoms with E-state index in [0.29, 0.717) is 22.6 Å². The maximum Gasteiger partial charge on any atom is 0.338 e. The molecule has 0 N–H and O–H groups in total. The summed E-state index contributed by atoms with van der Waals surface area (Å²) in [7, 11) is 0. The molecular weight excluding hydrogens is 595 g/mol. The molecule has 0 unspecified atom stereocenters. The highest BCUT2D eigenvalue weighted by Gasteiger charge is 2.13. The van der Waals surface area contributed by atoms with Crippen LogP contribution in [-0.4, -0.2) is 17.9 Å². The maximum absolute atomic E-state index is 15.2. The van der Waals surface area contributed by atoms with Crippen LogP contribution in [0.5, 0.6) is 17.2 Å². The van der Waals surface area contributed by atoms with Gasteiger partial charge in [-0.2, -0.15) is 0 Å². The Morgan fingerprint density at radius 3 is 1.60 bits per heavy atom. The van der Waals surface area contributed by atoms with Gasteiger partial charge in [0.1, 0.15) is 23.1 Å². The van der Waals surface area contributed by atoms with Crippen molar-refractivity contribution < 1.29 is 33.0 Å². The number of halogens is 1. The van der Waals surface area contributed by atoms with Gasteiger partial charge >= 0.3 is 17.9 Å². The third kappa shape index (κ3) is 9.37. The first kappa shape index (κ1) is 33.6. The molecule has 0 spiro atoms. The number of rotatable bonds is 9. The summed E-state index contributed by atoms with van der Waals surface area (Å²) >= 11 is 0. The van der Waals surface area contributed by atoms with Gasteiger partial charge in [-0.1, -0.05) is 80.1 Å². The first-order chi connectivity index (χ1) is 22.4. The van der Waals surface area contributed by atoms with Crippen LogP contribution >= 0.6 is 0 Å². The zero-order valence-electron chi connectivity index (χ0n) is 26.2. The first-order valence-electron chi connectivity index (χ1n) is 14.4. The van der Waals surface area contributed by atoms with Crippen LogP contribution in [0.1, 0.15) is 43.0 Å². The van der Waals surface area contributed by atoms with E-state index in [4.69, 9.17) is 14.2 Å². The summed E-state index contributed by atoms with van der Waals surface area (Å²) in [5.41, 5.74) is 4.30. The Morgan fingerprint density at radius 2 is 1.09 bits per heavy atom. The van der Waals surface area contributed by atoms with Crippen molar-refractivity contribution in [1.82, 2.24) is 0 Å². The Bertz CT molecular complexity index is 1970. The molecule has 234 valence electrons. The summed E-state index contributed by atoms with van der Waals surface area (Å²) in [6.07, 6.45) is 3.21. The summed E-state index contributed by atoms with van der Waals surface area (Å²) in [6.45, 7) is 15.4. The van der Waals surface area contributed by atoms with Crippen molar-refractivity contribution in [2.75, 3.05) is 0 Å². The van der Waals surface area contributed by atoms with E-state index in [1.165, 1.54) is 25.1 Å². The third-order valence-electron chi connectivity index (χ3n) is 6.52. The van der Waals surface area contributed by atoms with Crippen LogP contribution in [0.4, 0.5) is 4.39 Å². The Balaban J connectivity index is 1.54. The van der Waals surface area contributed by atoms with Crippen molar-refractivity contribution in [1.29, 1.82) is 0 Å². The molecule has 0 amide bonds. The van der Waals surface area contributed by atoms with Gasteiger partial charge in [-0.3, -0.25) is 0 Å². The largest absolute Gasteiger partial charge is 0.423 e. The molecule has 7 heteroatoms. The first-order valence-corrected chi connectivity index (χ1v) is 14.4. The Labute approximate surface area is 273 Å². The third-order valence-corrected chi connectivity index (χ3v) is 6.52. The van der Waals surface area contributed by atoms with E-state index in [0.717, 1.165) is 16.7 Å². The summed E-state index contributed by atoms with van der Waals surface area (Å²) in [4.78, 5) is 35.9. The van der Waals surface area contributed by atoms with Crippen molar-refractivity contribution in [2.24, 2.45) is 0 Å². The minimum absolute atomic E-state index is 0.0812. The molecule has 0 aliphatic rings. The highest BCUT2D eigenvalue weighted by atomic mass is 19.1. The lowest BCUT2D eigenvalue weighted by Crippen LogP contribution is -2.09. The van der Waals surface area contributed by atoms with Gasteiger partial charge < -0.3 is 14.2 Å². The fraction of sp³-hybridized carbons (Fsp3) is 0.0750. The second-order valence-electron chi connectivity index (χ2n) is 10.6. The summed E-state index contributed by atoms with van der Waals surface area (Å²) in [6, 6.07) is 23.7. The van der Waals surface area contributed by atoms with Crippen LogP contribution in [0.3, 0.4) is 0 Å². The molecule has 0 aliphatic heterocycles. The maximum atomic E-state index is 15.2. The number of esters is 3. The minimum atomic E-state index is -0.667. The number of carbonyl (C=O) groups excluding carboxylic acids is 3. The Hall–Kier alpha value is -6.26. The lowest BCUT2D eigenvalue weighted by atomic mass is 10.0. The van der Waals surface area contributed by atoms with Crippen LogP contribution in [0.15, 0.2) is 121 Å². The monoisotopic (exact) mass is 626 g/mol. The van der Waals surface area contributed by atoms with Crippen LogP contribution < -0.4 is 14.2 Å². The number of hydrogen-bond donors (Lipinski definition) is 0. The molecule has 0 aromatic heterocycles. The molecule has 4 aromatic carbocycles. The summed E-state index contributed by atoms with van der Waals surface area (Å²) in [5, 5.41) is 0. The van der Waals surface area contributed by atoms with Gasteiger partial charge in [0.25, 0.3) is 0 Å². The normalized spacial score (nSPS) is 10.4. The highest BCUT2D eigenvalue weighted by molar-refractivity contribution is 5.90. The van der Waals surface area contributed by atoms with Crippen LogP contribution in [0, 0.1) is 17.7 Å².